The van der Waals surface area contributed by atoms with Crippen molar-refractivity contribution in [2.24, 2.45) is 0 Å². The molecule has 1 aromatic carbocycles. The maximum Gasteiger partial charge on any atom is 0.326 e. The summed E-state index contributed by atoms with van der Waals surface area (Å²) in [6.07, 6.45) is -0.677. The Morgan fingerprint density at radius 3 is 2.33 bits per heavy atom. The molecule has 1 rings (SSSR count). The molecule has 0 fully saturated rings. The van der Waals surface area contributed by atoms with E-state index in [1.807, 2.05) is 0 Å². The zero-order chi connectivity index (χ0) is 15.8. The first-order valence-electron chi connectivity index (χ1n) is 5.94. The lowest BCUT2D eigenvalue weighted by atomic mass is 10.2. The highest BCUT2D eigenvalue weighted by Gasteiger charge is 2.22. The lowest BCUT2D eigenvalue weighted by Crippen LogP contribution is -2.43. The maximum atomic E-state index is 12.7. The van der Waals surface area contributed by atoms with Gasteiger partial charge < -0.3 is 15.5 Å². The number of carboxylic acid groups (broad SMARTS) is 2. The fraction of sp³-hybridized carbons (Fsp3) is 0.308. The van der Waals surface area contributed by atoms with E-state index in [-0.39, 0.29) is 11.6 Å². The second-order valence-corrected chi connectivity index (χ2v) is 5.16. The van der Waals surface area contributed by atoms with Crippen LogP contribution in [0.4, 0.5) is 4.39 Å². The number of thioether (sulfide) groups is 1. The number of carboxylic acids is 2. The largest absolute Gasteiger partial charge is 0.481 e. The maximum absolute atomic E-state index is 12.7. The number of hydrogen-bond donors (Lipinski definition) is 3. The molecule has 0 spiro atoms. The Hall–Kier alpha value is -2.09. The van der Waals surface area contributed by atoms with Gasteiger partial charge in [0.25, 0.3) is 0 Å². The van der Waals surface area contributed by atoms with Crippen LogP contribution in [0, 0.1) is 5.82 Å². The number of halogens is 1. The Kier molecular flexibility index (Phi) is 6.67. The van der Waals surface area contributed by atoms with Crippen molar-refractivity contribution in [2.75, 3.05) is 5.75 Å². The van der Waals surface area contributed by atoms with Gasteiger partial charge in [-0.1, -0.05) is 12.1 Å². The molecule has 0 bridgehead atoms. The molecule has 21 heavy (non-hydrogen) atoms. The molecule has 0 saturated heterocycles. The van der Waals surface area contributed by atoms with Gasteiger partial charge in [0, 0.05) is 5.75 Å². The topological polar surface area (TPSA) is 104 Å². The predicted octanol–water partition coefficient (Wildman–Crippen LogP) is 1.10. The molecule has 0 aliphatic rings. The van der Waals surface area contributed by atoms with Gasteiger partial charge in [0.2, 0.25) is 5.91 Å². The van der Waals surface area contributed by atoms with E-state index < -0.39 is 30.3 Å². The molecular weight excluding hydrogens is 301 g/mol. The van der Waals surface area contributed by atoms with E-state index in [2.05, 4.69) is 5.32 Å². The van der Waals surface area contributed by atoms with Crippen LogP contribution in [0.3, 0.4) is 0 Å². The number of amides is 1. The molecule has 0 aliphatic heterocycles. The second-order valence-electron chi connectivity index (χ2n) is 4.18. The lowest BCUT2D eigenvalue weighted by Gasteiger charge is -2.12. The highest BCUT2D eigenvalue weighted by molar-refractivity contribution is 7.99. The Balaban J connectivity index is 2.37. The zero-order valence-electron chi connectivity index (χ0n) is 10.9. The van der Waals surface area contributed by atoms with Crippen LogP contribution < -0.4 is 5.32 Å². The molecule has 0 heterocycles. The number of rotatable bonds is 8. The van der Waals surface area contributed by atoms with Gasteiger partial charge in [-0.05, 0) is 17.7 Å². The summed E-state index contributed by atoms with van der Waals surface area (Å²) >= 11 is 1.22. The van der Waals surface area contributed by atoms with E-state index in [0.717, 1.165) is 5.56 Å². The van der Waals surface area contributed by atoms with Crippen LogP contribution in [0.2, 0.25) is 0 Å². The van der Waals surface area contributed by atoms with E-state index in [4.69, 9.17) is 10.2 Å². The van der Waals surface area contributed by atoms with Gasteiger partial charge in [-0.3, -0.25) is 9.59 Å². The van der Waals surface area contributed by atoms with Crippen molar-refractivity contribution in [2.45, 2.75) is 18.2 Å². The van der Waals surface area contributed by atoms with Gasteiger partial charge in [-0.2, -0.15) is 0 Å². The van der Waals surface area contributed by atoms with Crippen LogP contribution >= 0.6 is 11.8 Å². The molecule has 6 nitrogen and oxygen atoms in total. The Morgan fingerprint density at radius 1 is 1.19 bits per heavy atom. The van der Waals surface area contributed by atoms with Gasteiger partial charge in [0.1, 0.15) is 11.9 Å². The smallest absolute Gasteiger partial charge is 0.326 e. The summed E-state index contributed by atoms with van der Waals surface area (Å²) in [7, 11) is 0. The van der Waals surface area contributed by atoms with E-state index >= 15 is 0 Å². The van der Waals surface area contributed by atoms with Crippen molar-refractivity contribution >= 4 is 29.6 Å². The fourth-order valence-corrected chi connectivity index (χ4v) is 2.25. The van der Waals surface area contributed by atoms with Crippen molar-refractivity contribution in [1.82, 2.24) is 5.32 Å². The minimum Gasteiger partial charge on any atom is -0.481 e. The van der Waals surface area contributed by atoms with Crippen LogP contribution in [-0.4, -0.2) is 39.9 Å². The quantitative estimate of drug-likeness (QED) is 0.664. The average Bonchev–Trinajstić information content (AvgIpc) is 2.39. The van der Waals surface area contributed by atoms with Gasteiger partial charge in [0.05, 0.1) is 12.2 Å². The summed E-state index contributed by atoms with van der Waals surface area (Å²) in [5.41, 5.74) is 0.828. The summed E-state index contributed by atoms with van der Waals surface area (Å²) in [4.78, 5) is 32.8. The number of hydrogen-bond acceptors (Lipinski definition) is 4. The van der Waals surface area contributed by atoms with Crippen molar-refractivity contribution < 1.29 is 29.0 Å². The monoisotopic (exact) mass is 315 g/mol. The number of nitrogens with one attached hydrogen (secondary N) is 1. The zero-order valence-corrected chi connectivity index (χ0v) is 11.7. The highest BCUT2D eigenvalue weighted by Crippen LogP contribution is 2.12. The minimum absolute atomic E-state index is 0.0131. The van der Waals surface area contributed by atoms with E-state index in [9.17, 15) is 18.8 Å². The van der Waals surface area contributed by atoms with Crippen molar-refractivity contribution in [3.63, 3.8) is 0 Å². The summed E-state index contributed by atoms with van der Waals surface area (Å²) < 4.78 is 12.7. The fourth-order valence-electron chi connectivity index (χ4n) is 1.45. The standard InChI is InChI=1S/C13H14FNO5S/c14-9-3-1-8(2-4-9)6-21-7-11(16)15-10(13(19)20)5-12(17)18/h1-4,10H,5-7H2,(H,15,16)(H,17,18)(H,19,20)/t10-/m1/s1. The number of carbonyl (C=O) groups excluding carboxylic acids is 1. The summed E-state index contributed by atoms with van der Waals surface area (Å²) in [5.74, 6) is -3.16. The molecule has 0 saturated carbocycles. The molecule has 1 aromatic rings. The predicted molar refractivity (Wildman–Crippen MR) is 74.4 cm³/mol. The first kappa shape index (κ1) is 17.0. The van der Waals surface area contributed by atoms with Crippen LogP contribution in [0.25, 0.3) is 0 Å². The van der Waals surface area contributed by atoms with Gasteiger partial charge in [-0.25, -0.2) is 9.18 Å². The third kappa shape index (κ3) is 6.75. The number of aliphatic carboxylic acids is 2. The SMILES string of the molecule is O=C(O)C[C@@H](NC(=O)CSCc1ccc(F)cc1)C(=O)O. The van der Waals surface area contributed by atoms with E-state index in [0.29, 0.717) is 5.75 Å². The van der Waals surface area contributed by atoms with Gasteiger partial charge >= 0.3 is 11.9 Å². The Labute approximate surface area is 124 Å². The van der Waals surface area contributed by atoms with Gasteiger partial charge in [-0.15, -0.1) is 11.8 Å². The summed E-state index contributed by atoms with van der Waals surface area (Å²) in [6, 6.07) is 4.35. The number of carbonyl (C=O) groups is 3. The van der Waals surface area contributed by atoms with Crippen molar-refractivity contribution in [1.29, 1.82) is 0 Å². The van der Waals surface area contributed by atoms with Gasteiger partial charge in [0.15, 0.2) is 0 Å². The third-order valence-electron chi connectivity index (χ3n) is 2.43. The molecular formula is C13H14FNO5S. The van der Waals surface area contributed by atoms with Crippen LogP contribution in [0.15, 0.2) is 24.3 Å². The molecule has 8 heteroatoms. The third-order valence-corrected chi connectivity index (χ3v) is 3.43. The highest BCUT2D eigenvalue weighted by atomic mass is 32.2. The minimum atomic E-state index is -1.44. The Bertz CT molecular complexity index is 520. The van der Waals surface area contributed by atoms with Crippen LogP contribution in [0.1, 0.15) is 12.0 Å². The summed E-state index contributed by atoms with van der Waals surface area (Å²) in [6.45, 7) is 0. The molecule has 114 valence electrons. The molecule has 0 radical (unpaired) electrons. The van der Waals surface area contributed by atoms with Crippen LogP contribution in [-0.2, 0) is 20.1 Å². The first-order valence-corrected chi connectivity index (χ1v) is 7.10. The Morgan fingerprint density at radius 2 is 1.81 bits per heavy atom. The lowest BCUT2D eigenvalue weighted by molar-refractivity contribution is -0.147. The molecule has 1 atom stereocenters. The molecule has 0 unspecified atom stereocenters. The van der Waals surface area contributed by atoms with Crippen molar-refractivity contribution in [3.05, 3.63) is 35.6 Å². The average molecular weight is 315 g/mol. The number of benzene rings is 1. The molecule has 3 N–H and O–H groups in total. The molecule has 0 aliphatic carbocycles. The molecule has 0 aromatic heterocycles. The summed E-state index contributed by atoms with van der Waals surface area (Å²) in [5, 5.41) is 19.5. The van der Waals surface area contributed by atoms with Crippen molar-refractivity contribution in [3.8, 4) is 0 Å². The normalized spacial score (nSPS) is 11.7. The van der Waals surface area contributed by atoms with E-state index in [1.54, 1.807) is 12.1 Å². The second kappa shape index (κ2) is 8.25. The molecule has 1 amide bonds. The van der Waals surface area contributed by atoms with Crippen LogP contribution in [0.5, 0.6) is 0 Å². The van der Waals surface area contributed by atoms with E-state index in [1.165, 1.54) is 23.9 Å². The first-order chi connectivity index (χ1) is 9.88.